The van der Waals surface area contributed by atoms with Crippen LogP contribution in [0.25, 0.3) is 10.9 Å². The van der Waals surface area contributed by atoms with Crippen LogP contribution in [-0.2, 0) is 13.6 Å². The molecule has 1 aromatic heterocycles. The molecular weight excluding hydrogens is 258 g/mol. The van der Waals surface area contributed by atoms with E-state index in [1.165, 1.54) is 42.3 Å². The Morgan fingerprint density at radius 3 is 2.86 bits per heavy atom. The second kappa shape index (κ2) is 6.20. The van der Waals surface area contributed by atoms with Crippen molar-refractivity contribution in [3.8, 4) is 0 Å². The number of piperidine rings is 1. The highest BCUT2D eigenvalue weighted by molar-refractivity contribution is 5.83. The van der Waals surface area contributed by atoms with Gasteiger partial charge in [0.25, 0.3) is 0 Å². The monoisotopic (exact) mass is 285 g/mol. The molecule has 3 heteroatoms. The second-order valence-corrected chi connectivity index (χ2v) is 6.44. The fourth-order valence-corrected chi connectivity index (χ4v) is 3.78. The minimum atomic E-state index is 0.544. The Hall–Kier alpha value is -1.32. The first kappa shape index (κ1) is 14.6. The van der Waals surface area contributed by atoms with Gasteiger partial charge in [-0.2, -0.15) is 0 Å². The molecule has 2 N–H and O–H groups in total. The fourth-order valence-electron chi connectivity index (χ4n) is 3.78. The topological polar surface area (TPSA) is 34.2 Å². The lowest BCUT2D eigenvalue weighted by Crippen LogP contribution is -2.45. The average molecular weight is 285 g/mol. The molecule has 0 amide bonds. The van der Waals surface area contributed by atoms with Gasteiger partial charge in [-0.05, 0) is 36.9 Å². The lowest BCUT2D eigenvalue weighted by atomic mass is 9.88. The van der Waals surface area contributed by atoms with Crippen molar-refractivity contribution in [2.45, 2.75) is 38.8 Å². The highest BCUT2D eigenvalue weighted by Crippen LogP contribution is 2.28. The van der Waals surface area contributed by atoms with E-state index in [-0.39, 0.29) is 0 Å². The molecule has 2 unspecified atom stereocenters. The van der Waals surface area contributed by atoms with E-state index in [1.54, 1.807) is 0 Å². The van der Waals surface area contributed by atoms with Gasteiger partial charge in [-0.3, -0.25) is 4.90 Å². The van der Waals surface area contributed by atoms with Gasteiger partial charge in [0.15, 0.2) is 0 Å². The normalized spacial score (nSPS) is 23.8. The van der Waals surface area contributed by atoms with Gasteiger partial charge < -0.3 is 10.3 Å². The summed E-state index contributed by atoms with van der Waals surface area (Å²) in [7, 11) is 2.13. The van der Waals surface area contributed by atoms with E-state index in [1.807, 2.05) is 0 Å². The summed E-state index contributed by atoms with van der Waals surface area (Å²) in [6.07, 6.45) is 6.15. The first-order valence-electron chi connectivity index (χ1n) is 8.20. The highest BCUT2D eigenvalue weighted by atomic mass is 15.2. The van der Waals surface area contributed by atoms with Crippen molar-refractivity contribution < 1.29 is 0 Å². The molecule has 1 aliphatic rings. The molecule has 114 valence electrons. The highest BCUT2D eigenvalue weighted by Gasteiger charge is 2.27. The zero-order chi connectivity index (χ0) is 14.8. The first-order valence-corrected chi connectivity index (χ1v) is 8.20. The second-order valence-electron chi connectivity index (χ2n) is 6.44. The summed E-state index contributed by atoms with van der Waals surface area (Å²) in [5.74, 6) is 0.863. The predicted molar refractivity (Wildman–Crippen MR) is 89.2 cm³/mol. The molecule has 2 aromatic rings. The van der Waals surface area contributed by atoms with Crippen LogP contribution < -0.4 is 5.73 Å². The lowest BCUT2D eigenvalue weighted by molar-refractivity contribution is 0.108. The maximum atomic E-state index is 6.04. The van der Waals surface area contributed by atoms with Crippen molar-refractivity contribution in [3.63, 3.8) is 0 Å². The molecule has 1 aromatic carbocycles. The van der Waals surface area contributed by atoms with Gasteiger partial charge in [0.05, 0.1) is 0 Å². The number of aryl methyl sites for hydroxylation is 1. The van der Waals surface area contributed by atoms with Crippen LogP contribution in [0.1, 0.15) is 31.7 Å². The number of likely N-dealkylation sites (tertiary alicyclic amines) is 1. The standard InChI is InChI=1S/C18H27N3/c1-3-14-8-9-21(16(10-14)11-19)13-15-12-20(2)18-7-5-4-6-17(15)18/h4-7,12,14,16H,3,8-11,13,19H2,1-2H3. The van der Waals surface area contributed by atoms with Gasteiger partial charge in [0.1, 0.15) is 0 Å². The van der Waals surface area contributed by atoms with Crippen molar-refractivity contribution in [2.24, 2.45) is 18.7 Å². The molecule has 1 saturated heterocycles. The third-order valence-electron chi connectivity index (χ3n) is 5.15. The molecule has 0 saturated carbocycles. The number of hydrogen-bond donors (Lipinski definition) is 1. The number of rotatable bonds is 4. The van der Waals surface area contributed by atoms with Crippen LogP contribution in [0, 0.1) is 5.92 Å². The quantitative estimate of drug-likeness (QED) is 0.936. The Bertz CT molecular complexity index is 602. The number of aromatic nitrogens is 1. The molecule has 0 radical (unpaired) electrons. The lowest BCUT2D eigenvalue weighted by Gasteiger charge is -2.38. The minimum Gasteiger partial charge on any atom is -0.350 e. The smallest absolute Gasteiger partial charge is 0.0481 e. The molecule has 0 aliphatic carbocycles. The van der Waals surface area contributed by atoms with Crippen molar-refractivity contribution in [2.75, 3.05) is 13.1 Å². The predicted octanol–water partition coefficient (Wildman–Crippen LogP) is 3.13. The van der Waals surface area contributed by atoms with Gasteiger partial charge in [0.2, 0.25) is 0 Å². The molecule has 2 atom stereocenters. The molecule has 0 spiro atoms. The average Bonchev–Trinajstić information content (AvgIpc) is 2.84. The van der Waals surface area contributed by atoms with Gasteiger partial charge in [-0.1, -0.05) is 31.5 Å². The Labute approximate surface area is 127 Å². The van der Waals surface area contributed by atoms with Crippen molar-refractivity contribution in [1.29, 1.82) is 0 Å². The number of para-hydroxylation sites is 1. The van der Waals surface area contributed by atoms with Crippen LogP contribution in [0.2, 0.25) is 0 Å². The number of hydrogen-bond acceptors (Lipinski definition) is 2. The fraction of sp³-hybridized carbons (Fsp3) is 0.556. The van der Waals surface area contributed by atoms with Gasteiger partial charge in [-0.15, -0.1) is 0 Å². The summed E-state index contributed by atoms with van der Waals surface area (Å²) < 4.78 is 2.24. The third-order valence-corrected chi connectivity index (χ3v) is 5.15. The summed E-state index contributed by atoms with van der Waals surface area (Å²) in [5, 5.41) is 1.38. The van der Waals surface area contributed by atoms with Crippen LogP contribution in [-0.4, -0.2) is 28.6 Å². The SMILES string of the molecule is CCC1CCN(Cc2cn(C)c3ccccc23)C(CN)C1. The van der Waals surface area contributed by atoms with Crippen LogP contribution in [0.15, 0.2) is 30.5 Å². The van der Waals surface area contributed by atoms with E-state index in [4.69, 9.17) is 5.73 Å². The van der Waals surface area contributed by atoms with E-state index in [9.17, 15) is 0 Å². The summed E-state index contributed by atoms with van der Waals surface area (Å²) in [6, 6.07) is 9.23. The molecule has 2 heterocycles. The van der Waals surface area contributed by atoms with Crippen molar-refractivity contribution in [3.05, 3.63) is 36.0 Å². The summed E-state index contributed by atoms with van der Waals surface area (Å²) in [5.41, 5.74) is 8.79. The van der Waals surface area contributed by atoms with Gasteiger partial charge in [-0.25, -0.2) is 0 Å². The van der Waals surface area contributed by atoms with Crippen LogP contribution in [0.3, 0.4) is 0 Å². The maximum Gasteiger partial charge on any atom is 0.0481 e. The Morgan fingerprint density at radius 1 is 1.29 bits per heavy atom. The first-order chi connectivity index (χ1) is 10.2. The van der Waals surface area contributed by atoms with E-state index in [0.717, 1.165) is 19.0 Å². The van der Waals surface area contributed by atoms with E-state index in [0.29, 0.717) is 6.04 Å². The largest absolute Gasteiger partial charge is 0.350 e. The summed E-state index contributed by atoms with van der Waals surface area (Å²) in [4.78, 5) is 2.59. The number of benzene rings is 1. The van der Waals surface area contributed by atoms with E-state index >= 15 is 0 Å². The maximum absolute atomic E-state index is 6.04. The van der Waals surface area contributed by atoms with Gasteiger partial charge in [0, 0.05) is 43.3 Å². The Morgan fingerprint density at radius 2 is 2.10 bits per heavy atom. The van der Waals surface area contributed by atoms with Crippen LogP contribution >= 0.6 is 0 Å². The number of nitrogens with two attached hydrogens (primary N) is 1. The molecule has 21 heavy (non-hydrogen) atoms. The van der Waals surface area contributed by atoms with Crippen LogP contribution in [0.5, 0.6) is 0 Å². The summed E-state index contributed by atoms with van der Waals surface area (Å²) in [6.45, 7) is 5.29. The zero-order valence-corrected chi connectivity index (χ0v) is 13.3. The molecule has 3 nitrogen and oxygen atoms in total. The van der Waals surface area contributed by atoms with Crippen LogP contribution in [0.4, 0.5) is 0 Å². The van der Waals surface area contributed by atoms with Crippen molar-refractivity contribution in [1.82, 2.24) is 9.47 Å². The zero-order valence-electron chi connectivity index (χ0n) is 13.3. The number of nitrogens with zero attached hydrogens (tertiary/aromatic N) is 2. The Kier molecular flexibility index (Phi) is 4.32. The van der Waals surface area contributed by atoms with E-state index in [2.05, 4.69) is 53.9 Å². The third kappa shape index (κ3) is 2.85. The molecule has 3 rings (SSSR count). The molecule has 1 aliphatic heterocycles. The van der Waals surface area contributed by atoms with E-state index < -0.39 is 0 Å². The molecule has 1 fully saturated rings. The summed E-state index contributed by atoms with van der Waals surface area (Å²) >= 11 is 0. The number of fused-ring (bicyclic) bond motifs is 1. The van der Waals surface area contributed by atoms with Crippen molar-refractivity contribution >= 4 is 10.9 Å². The van der Waals surface area contributed by atoms with Gasteiger partial charge >= 0.3 is 0 Å². The molecular formula is C18H27N3. The Balaban J connectivity index is 1.81. The minimum absolute atomic E-state index is 0.544. The molecule has 0 bridgehead atoms.